The van der Waals surface area contributed by atoms with E-state index in [0.717, 1.165) is 22.6 Å². The van der Waals surface area contributed by atoms with Crippen molar-refractivity contribution in [3.63, 3.8) is 0 Å². The minimum absolute atomic E-state index is 0.598. The van der Waals surface area contributed by atoms with Crippen molar-refractivity contribution < 1.29 is 0 Å². The molecule has 1 unspecified atom stereocenters. The summed E-state index contributed by atoms with van der Waals surface area (Å²) in [4.78, 5) is 11.4. The molecule has 7 aromatic carbocycles. The summed E-state index contributed by atoms with van der Waals surface area (Å²) in [6.07, 6.45) is 24.3. The van der Waals surface area contributed by atoms with E-state index in [1.165, 1.54) is 175 Å². The minimum Gasteiger partial charge on any atom is -0.311 e. The first kappa shape index (κ1) is 61.4. The molecule has 0 aromatic heterocycles. The second-order valence-corrected chi connectivity index (χ2v) is 22.3. The molecule has 1 aliphatic carbocycles. The van der Waals surface area contributed by atoms with E-state index in [-0.39, 0.29) is 0 Å². The van der Waals surface area contributed by atoms with Crippen LogP contribution in [0.5, 0.6) is 0 Å². The highest BCUT2D eigenvalue weighted by Crippen LogP contribution is 2.37. The van der Waals surface area contributed by atoms with Gasteiger partial charge in [0, 0.05) is 42.3 Å². The van der Waals surface area contributed by atoms with Crippen LogP contribution < -0.4 is 4.90 Å². The fourth-order valence-electron chi connectivity index (χ4n) is 10.6. The molecule has 79 heavy (non-hydrogen) atoms. The number of nitrogens with zero attached hydrogens (tertiary/aromatic N) is 3. The Balaban J connectivity index is 0.000000193. The molecule has 7 aromatic rings. The third-order valence-corrected chi connectivity index (χ3v) is 15.7. The number of hydrogen-bond donors (Lipinski definition) is 0. The molecule has 0 saturated heterocycles. The summed E-state index contributed by atoms with van der Waals surface area (Å²) >= 11 is 0. The Kier molecular flexibility index (Phi) is 25.1. The molecule has 0 bridgehead atoms. The molecule has 414 valence electrons. The van der Waals surface area contributed by atoms with Crippen molar-refractivity contribution in [2.45, 2.75) is 171 Å². The minimum atomic E-state index is 0.598. The van der Waals surface area contributed by atoms with E-state index in [1.54, 1.807) is 11.1 Å². The van der Waals surface area contributed by atoms with Crippen molar-refractivity contribution in [2.75, 3.05) is 19.0 Å². The van der Waals surface area contributed by atoms with Crippen LogP contribution >= 0.6 is 0 Å². The van der Waals surface area contributed by atoms with Gasteiger partial charge in [0.25, 0.3) is 0 Å². The summed E-state index contributed by atoms with van der Waals surface area (Å²) in [5, 5.41) is 0. The first-order valence-electron chi connectivity index (χ1n) is 30.1. The van der Waals surface area contributed by atoms with Gasteiger partial charge in [-0.25, -0.2) is 0 Å². The van der Waals surface area contributed by atoms with Crippen molar-refractivity contribution >= 4 is 39.6 Å². The van der Waals surface area contributed by atoms with Crippen LogP contribution in [0.4, 0.5) is 17.1 Å². The molecule has 0 heterocycles. The highest BCUT2D eigenvalue weighted by atomic mass is 15.1. The fraction of sp³-hybridized carbons (Fsp3) is 0.368. The van der Waals surface area contributed by atoms with Gasteiger partial charge in [0.2, 0.25) is 0 Å². The summed E-state index contributed by atoms with van der Waals surface area (Å²) in [6.45, 7) is 22.0. The first-order chi connectivity index (χ1) is 38.4. The van der Waals surface area contributed by atoms with Crippen LogP contribution in [0, 0.1) is 41.5 Å². The first-order valence-corrected chi connectivity index (χ1v) is 30.1. The lowest BCUT2D eigenvalue weighted by Gasteiger charge is -2.26. The Hall–Kier alpha value is -6.84. The SMILES string of the molecule is CCC(C)c1ccc(N(c2ccc(C)cc2)c2ccc(C)cc2)cc1.CCCCCCCCc1cc(C)ccc1-c1ccc(C)cc1CCCCCCCC.CN=C1C(c2ccc(C)cc2)=CC=C(c2ccc(C)cc2)C1=NC. The number of allylic oxidation sites excluding steroid dienone is 4. The second-order valence-electron chi connectivity index (χ2n) is 22.3. The number of hydrogen-bond acceptors (Lipinski definition) is 3. The normalized spacial score (nSPS) is 13.5. The summed E-state index contributed by atoms with van der Waals surface area (Å²) in [5.41, 5.74) is 25.4. The molecule has 0 saturated carbocycles. The highest BCUT2D eigenvalue weighted by molar-refractivity contribution is 6.69. The Morgan fingerprint density at radius 2 is 0.684 bits per heavy atom. The van der Waals surface area contributed by atoms with Crippen LogP contribution in [0.2, 0.25) is 0 Å². The van der Waals surface area contributed by atoms with Gasteiger partial charge in [-0.15, -0.1) is 0 Å². The molecule has 1 aliphatic rings. The fourth-order valence-corrected chi connectivity index (χ4v) is 10.6. The Morgan fingerprint density at radius 1 is 0.367 bits per heavy atom. The third-order valence-electron chi connectivity index (χ3n) is 15.7. The lowest BCUT2D eigenvalue weighted by atomic mass is 9.86. The predicted molar refractivity (Wildman–Crippen MR) is 350 cm³/mol. The Morgan fingerprint density at radius 3 is 1.03 bits per heavy atom. The van der Waals surface area contributed by atoms with Crippen LogP contribution in [0.25, 0.3) is 22.3 Å². The van der Waals surface area contributed by atoms with E-state index in [9.17, 15) is 0 Å². The van der Waals surface area contributed by atoms with E-state index >= 15 is 0 Å². The maximum atomic E-state index is 4.55. The molecule has 0 amide bonds. The molecule has 0 spiro atoms. The van der Waals surface area contributed by atoms with E-state index < -0.39 is 0 Å². The lowest BCUT2D eigenvalue weighted by Crippen LogP contribution is -2.21. The molecule has 3 nitrogen and oxygen atoms in total. The molecule has 0 fully saturated rings. The van der Waals surface area contributed by atoms with Crippen LogP contribution in [-0.2, 0) is 12.8 Å². The van der Waals surface area contributed by atoms with Gasteiger partial charge in [-0.05, 0) is 155 Å². The number of rotatable bonds is 22. The summed E-state index contributed by atoms with van der Waals surface area (Å²) in [7, 11) is 3.67. The van der Waals surface area contributed by atoms with Crippen LogP contribution in [0.3, 0.4) is 0 Å². The number of aliphatic imine (C=N–C) groups is 2. The molecule has 0 radical (unpaired) electrons. The highest BCUT2D eigenvalue weighted by Gasteiger charge is 2.23. The van der Waals surface area contributed by atoms with E-state index in [2.05, 4.69) is 254 Å². The number of unbranched alkanes of at least 4 members (excludes halogenated alkanes) is 10. The molecular formula is C76H95N3. The largest absolute Gasteiger partial charge is 0.311 e. The van der Waals surface area contributed by atoms with E-state index in [0.29, 0.717) is 5.92 Å². The molecular weight excluding hydrogens is 955 g/mol. The quantitative estimate of drug-likeness (QED) is 0.0491. The maximum absolute atomic E-state index is 4.55. The number of aryl methyl sites for hydroxylation is 8. The molecule has 8 rings (SSSR count). The summed E-state index contributed by atoms with van der Waals surface area (Å²) in [5.74, 6) is 0.598. The molecule has 0 aliphatic heterocycles. The molecule has 0 N–H and O–H groups in total. The van der Waals surface area contributed by atoms with Crippen molar-refractivity contribution in [3.8, 4) is 11.1 Å². The average molecular weight is 1050 g/mol. The topological polar surface area (TPSA) is 28.0 Å². The standard InChI is InChI=1S/C30H46.C24H27N.C22H22N2/c1-5-7-9-11-13-15-17-27-23-25(3)19-21-29(27)30-22-20-26(4)24-28(30)18-16-14-12-10-8-6-2;1-5-20(4)21-10-16-24(17-11-21)25(22-12-6-18(2)7-13-22)23-14-8-19(3)9-15-23;1-15-5-9-17(10-6-15)19-13-14-20(22(24-4)21(19)23-3)18-11-7-16(2)8-12-18/h19-24H,5-18H2,1-4H3;6-17,20H,5H2,1-4H3;5-14H,1-4H3. The van der Waals surface area contributed by atoms with Gasteiger partial charge < -0.3 is 4.90 Å². The Labute approximate surface area is 479 Å². The van der Waals surface area contributed by atoms with Crippen molar-refractivity contribution in [1.29, 1.82) is 0 Å². The van der Waals surface area contributed by atoms with E-state index in [1.807, 2.05) is 14.1 Å². The smallest absolute Gasteiger partial charge is 0.0907 e. The maximum Gasteiger partial charge on any atom is 0.0907 e. The van der Waals surface area contributed by atoms with Gasteiger partial charge in [-0.3, -0.25) is 9.98 Å². The van der Waals surface area contributed by atoms with Gasteiger partial charge in [0.05, 0.1) is 11.4 Å². The van der Waals surface area contributed by atoms with Gasteiger partial charge in [0.15, 0.2) is 0 Å². The summed E-state index contributed by atoms with van der Waals surface area (Å²) < 4.78 is 0. The van der Waals surface area contributed by atoms with Crippen molar-refractivity contribution in [2.24, 2.45) is 9.98 Å². The van der Waals surface area contributed by atoms with Gasteiger partial charge in [-0.1, -0.05) is 259 Å². The zero-order chi connectivity index (χ0) is 56.5. The van der Waals surface area contributed by atoms with Gasteiger partial charge >= 0.3 is 0 Å². The van der Waals surface area contributed by atoms with Crippen LogP contribution in [-0.4, -0.2) is 25.5 Å². The van der Waals surface area contributed by atoms with E-state index in [4.69, 9.17) is 0 Å². The monoisotopic (exact) mass is 1050 g/mol. The molecule has 3 heteroatoms. The average Bonchev–Trinajstić information content (AvgIpc) is 3.46. The van der Waals surface area contributed by atoms with Crippen LogP contribution in [0.1, 0.15) is 178 Å². The van der Waals surface area contributed by atoms with Crippen molar-refractivity contribution in [3.05, 3.63) is 231 Å². The van der Waals surface area contributed by atoms with Crippen LogP contribution in [0.15, 0.2) is 180 Å². The lowest BCUT2D eigenvalue weighted by molar-refractivity contribution is 0.607. The third kappa shape index (κ3) is 18.4. The number of benzene rings is 7. The zero-order valence-electron chi connectivity index (χ0n) is 50.7. The van der Waals surface area contributed by atoms with Gasteiger partial charge in [-0.2, -0.15) is 0 Å². The summed E-state index contributed by atoms with van der Waals surface area (Å²) in [6, 6.07) is 57.8. The zero-order valence-corrected chi connectivity index (χ0v) is 50.7. The molecule has 1 atom stereocenters. The number of anilines is 3. The van der Waals surface area contributed by atoms with Gasteiger partial charge in [0.1, 0.15) is 0 Å². The van der Waals surface area contributed by atoms with Crippen molar-refractivity contribution in [1.82, 2.24) is 0 Å². The predicted octanol–water partition coefficient (Wildman–Crippen LogP) is 22.0. The second kappa shape index (κ2) is 32.3. The Bertz CT molecular complexity index is 2870.